The quantitative estimate of drug-likeness (QED) is 0.833. The highest BCUT2D eigenvalue weighted by Crippen LogP contribution is 2.16. The van der Waals surface area contributed by atoms with Crippen molar-refractivity contribution in [2.75, 3.05) is 23.9 Å². The molecule has 0 saturated carbocycles. The molecular weight excluding hydrogens is 294 g/mol. The van der Waals surface area contributed by atoms with Crippen LogP contribution in [-0.4, -0.2) is 28.3 Å². The number of rotatable bonds is 6. The molecule has 0 aliphatic rings. The first-order valence-electron chi connectivity index (χ1n) is 6.30. The van der Waals surface area contributed by atoms with Crippen LogP contribution in [0.2, 0.25) is 5.02 Å². The van der Waals surface area contributed by atoms with Crippen molar-refractivity contribution in [1.29, 1.82) is 0 Å². The summed E-state index contributed by atoms with van der Waals surface area (Å²) in [5, 5.41) is 7.48. The first-order chi connectivity index (χ1) is 9.74. The van der Waals surface area contributed by atoms with Gasteiger partial charge in [-0.25, -0.2) is 0 Å². The minimum atomic E-state index is -0.312. The molecule has 0 aliphatic carbocycles. The molecular formula is C14H16ClN3OS. The topological polar surface area (TPSA) is 46.9 Å². The maximum atomic E-state index is 12.2. The van der Waals surface area contributed by atoms with Gasteiger partial charge in [0.15, 0.2) is 0 Å². The Morgan fingerprint density at radius 3 is 2.80 bits per heavy atom. The van der Waals surface area contributed by atoms with Crippen LogP contribution < -0.4 is 10.9 Å². The van der Waals surface area contributed by atoms with Gasteiger partial charge in [-0.3, -0.25) is 4.79 Å². The number of nitrogens with one attached hydrogen (secondary N) is 1. The van der Waals surface area contributed by atoms with Gasteiger partial charge in [-0.05, 0) is 30.6 Å². The summed E-state index contributed by atoms with van der Waals surface area (Å²) in [5.41, 5.74) is 0.978. The van der Waals surface area contributed by atoms with Crippen molar-refractivity contribution in [1.82, 2.24) is 9.78 Å². The van der Waals surface area contributed by atoms with Crippen molar-refractivity contribution in [2.45, 2.75) is 6.42 Å². The Hall–Kier alpha value is -1.46. The molecule has 1 N–H and O–H groups in total. The van der Waals surface area contributed by atoms with Gasteiger partial charge in [0.2, 0.25) is 0 Å². The van der Waals surface area contributed by atoms with E-state index in [1.54, 1.807) is 18.0 Å². The van der Waals surface area contributed by atoms with Crippen LogP contribution in [0.3, 0.4) is 0 Å². The van der Waals surface area contributed by atoms with Crippen molar-refractivity contribution >= 4 is 29.1 Å². The number of hydrogen-bond acceptors (Lipinski definition) is 4. The summed E-state index contributed by atoms with van der Waals surface area (Å²) < 4.78 is 1.30. The Bertz CT molecular complexity index is 616. The van der Waals surface area contributed by atoms with E-state index in [1.165, 1.54) is 4.68 Å². The molecule has 106 valence electrons. The molecule has 20 heavy (non-hydrogen) atoms. The summed E-state index contributed by atoms with van der Waals surface area (Å²) >= 11 is 7.91. The maximum absolute atomic E-state index is 12.2. The molecule has 1 heterocycles. The summed E-state index contributed by atoms with van der Waals surface area (Å²) in [7, 11) is 0. The lowest BCUT2D eigenvalue weighted by molar-refractivity contribution is 0.806. The Kier molecular flexibility index (Phi) is 5.49. The molecule has 4 nitrogen and oxygen atoms in total. The van der Waals surface area contributed by atoms with E-state index in [4.69, 9.17) is 11.6 Å². The zero-order chi connectivity index (χ0) is 14.4. The summed E-state index contributed by atoms with van der Waals surface area (Å²) in [6, 6.07) is 9.22. The monoisotopic (exact) mass is 309 g/mol. The van der Waals surface area contributed by atoms with Crippen LogP contribution in [0.4, 0.5) is 5.69 Å². The van der Waals surface area contributed by atoms with Gasteiger partial charge in [-0.15, -0.1) is 0 Å². The van der Waals surface area contributed by atoms with Crippen molar-refractivity contribution in [2.24, 2.45) is 0 Å². The predicted molar refractivity (Wildman–Crippen MR) is 86.3 cm³/mol. The van der Waals surface area contributed by atoms with E-state index in [1.807, 2.05) is 30.3 Å². The second-order valence-corrected chi connectivity index (χ2v) is 5.56. The Morgan fingerprint density at radius 2 is 2.10 bits per heavy atom. The van der Waals surface area contributed by atoms with Crippen LogP contribution >= 0.6 is 23.4 Å². The van der Waals surface area contributed by atoms with Crippen LogP contribution in [0, 0.1) is 0 Å². The lowest BCUT2D eigenvalue weighted by Gasteiger charge is -2.10. The molecule has 0 fully saturated rings. The second kappa shape index (κ2) is 7.36. The van der Waals surface area contributed by atoms with Crippen molar-refractivity contribution in [3.8, 4) is 5.69 Å². The lowest BCUT2D eigenvalue weighted by Crippen LogP contribution is -2.22. The largest absolute Gasteiger partial charge is 0.382 e. The number of benzene rings is 1. The first kappa shape index (κ1) is 14.9. The maximum Gasteiger partial charge on any atom is 0.292 e. The second-order valence-electron chi connectivity index (χ2n) is 4.20. The average Bonchev–Trinajstić information content (AvgIpc) is 2.49. The number of aromatic nitrogens is 2. The molecule has 1 aromatic heterocycles. The summed E-state index contributed by atoms with van der Waals surface area (Å²) in [6.45, 7) is 0.775. The SMILES string of the molecule is CSCCCNc1cnn(-c2ccccc2)c(=O)c1Cl. The molecule has 2 aromatic rings. The molecule has 0 bridgehead atoms. The van der Waals surface area contributed by atoms with Crippen LogP contribution in [0.15, 0.2) is 41.3 Å². The molecule has 1 aromatic carbocycles. The van der Waals surface area contributed by atoms with E-state index < -0.39 is 0 Å². The summed E-state index contributed by atoms with van der Waals surface area (Å²) in [6.07, 6.45) is 4.67. The molecule has 2 rings (SSSR count). The van der Waals surface area contributed by atoms with E-state index in [-0.39, 0.29) is 10.6 Å². The third kappa shape index (κ3) is 3.55. The molecule has 0 atom stereocenters. The average molecular weight is 310 g/mol. The molecule has 0 spiro atoms. The lowest BCUT2D eigenvalue weighted by atomic mass is 10.3. The van der Waals surface area contributed by atoms with Crippen molar-refractivity contribution in [3.05, 3.63) is 51.9 Å². The minimum Gasteiger partial charge on any atom is -0.382 e. The highest BCUT2D eigenvalue weighted by molar-refractivity contribution is 7.98. The molecule has 0 saturated heterocycles. The number of halogens is 1. The smallest absolute Gasteiger partial charge is 0.292 e. The van der Waals surface area contributed by atoms with Crippen LogP contribution in [0.1, 0.15) is 6.42 Å². The number of nitrogens with zero attached hydrogens (tertiary/aromatic N) is 2. The Labute approximate surface area is 127 Å². The predicted octanol–water partition coefficient (Wildman–Crippen LogP) is 3.05. The van der Waals surface area contributed by atoms with Gasteiger partial charge in [-0.1, -0.05) is 29.8 Å². The molecule has 0 radical (unpaired) electrons. The van der Waals surface area contributed by atoms with Gasteiger partial charge in [0.1, 0.15) is 5.02 Å². The zero-order valence-corrected chi connectivity index (χ0v) is 12.7. The summed E-state index contributed by atoms with van der Waals surface area (Å²) in [5.74, 6) is 1.07. The number of hydrogen-bond donors (Lipinski definition) is 1. The fraction of sp³-hybridized carbons (Fsp3) is 0.286. The Balaban J connectivity index is 2.19. The fourth-order valence-electron chi connectivity index (χ4n) is 1.75. The third-order valence-electron chi connectivity index (χ3n) is 2.76. The van der Waals surface area contributed by atoms with E-state index in [0.29, 0.717) is 11.4 Å². The van der Waals surface area contributed by atoms with Gasteiger partial charge in [0.25, 0.3) is 5.56 Å². The first-order valence-corrected chi connectivity index (χ1v) is 8.07. The van der Waals surface area contributed by atoms with E-state index >= 15 is 0 Å². The molecule has 0 unspecified atom stereocenters. The number of thioether (sulfide) groups is 1. The van der Waals surface area contributed by atoms with Crippen LogP contribution in [-0.2, 0) is 0 Å². The van der Waals surface area contributed by atoms with Gasteiger partial charge in [0.05, 0.1) is 17.6 Å². The zero-order valence-electron chi connectivity index (χ0n) is 11.2. The number of anilines is 1. The van der Waals surface area contributed by atoms with Crippen molar-refractivity contribution < 1.29 is 0 Å². The van der Waals surface area contributed by atoms with Gasteiger partial charge >= 0.3 is 0 Å². The van der Waals surface area contributed by atoms with Gasteiger partial charge < -0.3 is 5.32 Å². The summed E-state index contributed by atoms with van der Waals surface area (Å²) in [4.78, 5) is 12.2. The normalized spacial score (nSPS) is 10.5. The standard InChI is InChI=1S/C14H16ClN3OS/c1-20-9-5-8-16-12-10-17-18(14(19)13(12)15)11-6-3-2-4-7-11/h2-4,6-7,10,16H,5,8-9H2,1H3. The van der Waals surface area contributed by atoms with Gasteiger partial charge in [-0.2, -0.15) is 21.5 Å². The fourth-order valence-corrected chi connectivity index (χ4v) is 2.38. The van der Waals surface area contributed by atoms with Crippen LogP contribution in [0.5, 0.6) is 0 Å². The highest BCUT2D eigenvalue weighted by atomic mass is 35.5. The van der Waals surface area contributed by atoms with Crippen LogP contribution in [0.25, 0.3) is 5.69 Å². The van der Waals surface area contributed by atoms with Gasteiger partial charge in [0, 0.05) is 6.54 Å². The third-order valence-corrected chi connectivity index (χ3v) is 3.82. The van der Waals surface area contributed by atoms with Crippen molar-refractivity contribution in [3.63, 3.8) is 0 Å². The van der Waals surface area contributed by atoms with E-state index in [2.05, 4.69) is 16.7 Å². The highest BCUT2D eigenvalue weighted by Gasteiger charge is 2.09. The molecule has 6 heteroatoms. The molecule has 0 amide bonds. The Morgan fingerprint density at radius 1 is 1.35 bits per heavy atom. The van der Waals surface area contributed by atoms with E-state index in [0.717, 1.165) is 18.7 Å². The number of para-hydroxylation sites is 1. The van der Waals surface area contributed by atoms with E-state index in [9.17, 15) is 4.79 Å². The molecule has 0 aliphatic heterocycles. The minimum absolute atomic E-state index is 0.174.